The van der Waals surface area contributed by atoms with E-state index in [2.05, 4.69) is 15.7 Å². The fourth-order valence-electron chi connectivity index (χ4n) is 2.85. The molecular weight excluding hydrogens is 413 g/mol. The molecule has 2 aromatic carbocycles. The number of anilines is 1. The van der Waals surface area contributed by atoms with Crippen LogP contribution in [0.4, 0.5) is 18.9 Å². The SMILES string of the molecule is CNC(=O)c1cccc(NC(=O)c2nn(-c3cccc(C(F)(F)F)c3)c(C)cc2=O)c1. The van der Waals surface area contributed by atoms with E-state index in [9.17, 15) is 27.6 Å². The van der Waals surface area contributed by atoms with Crippen LogP contribution in [0.5, 0.6) is 0 Å². The van der Waals surface area contributed by atoms with Crippen LogP contribution in [0.3, 0.4) is 0 Å². The van der Waals surface area contributed by atoms with Crippen LogP contribution >= 0.6 is 0 Å². The van der Waals surface area contributed by atoms with Gasteiger partial charge in [-0.05, 0) is 43.3 Å². The summed E-state index contributed by atoms with van der Waals surface area (Å²) in [5.74, 6) is -1.23. The van der Waals surface area contributed by atoms with E-state index in [1.165, 1.54) is 38.2 Å². The third-order valence-corrected chi connectivity index (χ3v) is 4.35. The van der Waals surface area contributed by atoms with Gasteiger partial charge in [0.25, 0.3) is 11.8 Å². The third kappa shape index (κ3) is 4.80. The van der Waals surface area contributed by atoms with Gasteiger partial charge in [-0.15, -0.1) is 0 Å². The summed E-state index contributed by atoms with van der Waals surface area (Å²) in [5, 5.41) is 8.91. The molecule has 0 unspecified atom stereocenters. The Labute approximate surface area is 174 Å². The summed E-state index contributed by atoms with van der Waals surface area (Å²) in [4.78, 5) is 36.7. The number of hydrogen-bond acceptors (Lipinski definition) is 4. The van der Waals surface area contributed by atoms with Crippen molar-refractivity contribution >= 4 is 17.5 Å². The minimum Gasteiger partial charge on any atom is -0.355 e. The van der Waals surface area contributed by atoms with Crippen LogP contribution in [0.2, 0.25) is 0 Å². The average molecular weight is 430 g/mol. The number of carbonyl (C=O) groups excluding carboxylic acids is 2. The quantitative estimate of drug-likeness (QED) is 0.665. The molecule has 0 radical (unpaired) electrons. The van der Waals surface area contributed by atoms with Crippen molar-refractivity contribution in [1.29, 1.82) is 0 Å². The van der Waals surface area contributed by atoms with Crippen molar-refractivity contribution in [3.63, 3.8) is 0 Å². The first-order chi connectivity index (χ1) is 14.6. The Hall–Kier alpha value is -3.95. The molecule has 0 atom stereocenters. The van der Waals surface area contributed by atoms with Crippen molar-refractivity contribution in [1.82, 2.24) is 15.1 Å². The Bertz CT molecular complexity index is 1220. The Balaban J connectivity index is 1.98. The average Bonchev–Trinajstić information content (AvgIpc) is 2.72. The smallest absolute Gasteiger partial charge is 0.355 e. The normalized spacial score (nSPS) is 11.1. The molecule has 7 nitrogen and oxygen atoms in total. The van der Waals surface area contributed by atoms with Gasteiger partial charge in [-0.3, -0.25) is 14.4 Å². The second-order valence-corrected chi connectivity index (χ2v) is 6.57. The van der Waals surface area contributed by atoms with Crippen molar-refractivity contribution in [2.75, 3.05) is 12.4 Å². The van der Waals surface area contributed by atoms with Crippen molar-refractivity contribution < 1.29 is 22.8 Å². The van der Waals surface area contributed by atoms with E-state index < -0.39 is 28.8 Å². The number of nitrogens with zero attached hydrogens (tertiary/aromatic N) is 2. The first kappa shape index (κ1) is 21.8. The van der Waals surface area contributed by atoms with Crippen molar-refractivity contribution in [2.45, 2.75) is 13.1 Å². The maximum absolute atomic E-state index is 13.0. The van der Waals surface area contributed by atoms with Crippen LogP contribution in [0.15, 0.2) is 59.4 Å². The van der Waals surface area contributed by atoms with Gasteiger partial charge in [0.1, 0.15) is 0 Å². The lowest BCUT2D eigenvalue weighted by atomic mass is 10.2. The van der Waals surface area contributed by atoms with Gasteiger partial charge in [0.15, 0.2) is 5.69 Å². The van der Waals surface area contributed by atoms with Crippen LogP contribution < -0.4 is 16.1 Å². The lowest BCUT2D eigenvalue weighted by molar-refractivity contribution is -0.137. The molecule has 1 heterocycles. The second-order valence-electron chi connectivity index (χ2n) is 6.57. The maximum atomic E-state index is 13.0. The molecule has 160 valence electrons. The topological polar surface area (TPSA) is 93.1 Å². The molecule has 0 saturated carbocycles. The van der Waals surface area contributed by atoms with E-state index >= 15 is 0 Å². The molecular formula is C21H17F3N4O3. The summed E-state index contributed by atoms with van der Waals surface area (Å²) >= 11 is 0. The Morgan fingerprint density at radius 1 is 1.00 bits per heavy atom. The highest BCUT2D eigenvalue weighted by Gasteiger charge is 2.30. The van der Waals surface area contributed by atoms with E-state index in [0.717, 1.165) is 22.9 Å². The van der Waals surface area contributed by atoms with Crippen LogP contribution in [-0.4, -0.2) is 28.6 Å². The van der Waals surface area contributed by atoms with Crippen LogP contribution in [0, 0.1) is 6.92 Å². The highest BCUT2D eigenvalue weighted by Crippen LogP contribution is 2.30. The largest absolute Gasteiger partial charge is 0.416 e. The fraction of sp³-hybridized carbons (Fsp3) is 0.143. The third-order valence-electron chi connectivity index (χ3n) is 4.35. The zero-order chi connectivity index (χ0) is 22.8. The van der Waals surface area contributed by atoms with Gasteiger partial charge in [0.05, 0.1) is 11.3 Å². The molecule has 10 heteroatoms. The van der Waals surface area contributed by atoms with Gasteiger partial charge in [0, 0.05) is 30.1 Å². The predicted octanol–water partition coefficient (Wildman–Crippen LogP) is 3.17. The van der Waals surface area contributed by atoms with Crippen molar-refractivity contribution in [3.8, 4) is 5.69 Å². The molecule has 0 aliphatic heterocycles. The standard InChI is InChI=1S/C21H17F3N4O3/c1-12-9-17(29)18(20(31)26-15-7-3-5-13(10-15)19(30)25-2)27-28(12)16-8-4-6-14(11-16)21(22,23)24/h3-11H,1-2H3,(H,25,30)(H,26,31). The number of nitrogens with one attached hydrogen (secondary N) is 2. The number of carbonyl (C=O) groups is 2. The zero-order valence-electron chi connectivity index (χ0n) is 16.4. The molecule has 0 aliphatic carbocycles. The first-order valence-corrected chi connectivity index (χ1v) is 9.02. The Morgan fingerprint density at radius 3 is 2.39 bits per heavy atom. The van der Waals surface area contributed by atoms with Crippen molar-refractivity contribution in [3.05, 3.63) is 87.3 Å². The molecule has 3 rings (SSSR count). The summed E-state index contributed by atoms with van der Waals surface area (Å²) in [6.45, 7) is 1.49. The predicted molar refractivity (Wildman–Crippen MR) is 107 cm³/mol. The van der Waals surface area contributed by atoms with E-state index in [1.54, 1.807) is 12.1 Å². The van der Waals surface area contributed by atoms with Gasteiger partial charge < -0.3 is 10.6 Å². The maximum Gasteiger partial charge on any atom is 0.416 e. The number of halogens is 3. The van der Waals surface area contributed by atoms with E-state index in [0.29, 0.717) is 5.56 Å². The minimum absolute atomic E-state index is 0.0444. The number of amides is 2. The molecule has 0 fully saturated rings. The van der Waals surface area contributed by atoms with Gasteiger partial charge >= 0.3 is 6.18 Å². The number of alkyl halides is 3. The minimum atomic E-state index is -4.56. The fourth-order valence-corrected chi connectivity index (χ4v) is 2.85. The van der Waals surface area contributed by atoms with E-state index in [-0.39, 0.29) is 23.0 Å². The summed E-state index contributed by atoms with van der Waals surface area (Å²) in [7, 11) is 1.46. The molecule has 1 aromatic heterocycles. The molecule has 0 saturated heterocycles. The zero-order valence-corrected chi connectivity index (χ0v) is 16.4. The lowest BCUT2D eigenvalue weighted by Crippen LogP contribution is -2.27. The molecule has 31 heavy (non-hydrogen) atoms. The van der Waals surface area contributed by atoms with Crippen LogP contribution in [0.25, 0.3) is 5.69 Å². The Morgan fingerprint density at radius 2 is 1.71 bits per heavy atom. The molecule has 3 aromatic rings. The summed E-state index contributed by atoms with van der Waals surface area (Å²) in [6, 6.07) is 11.5. The number of rotatable bonds is 4. The number of aryl methyl sites for hydroxylation is 1. The van der Waals surface area contributed by atoms with Gasteiger partial charge in [-0.25, -0.2) is 4.68 Å². The van der Waals surface area contributed by atoms with Gasteiger partial charge in [-0.2, -0.15) is 18.3 Å². The first-order valence-electron chi connectivity index (χ1n) is 9.02. The highest BCUT2D eigenvalue weighted by atomic mass is 19.4. The van der Waals surface area contributed by atoms with Crippen LogP contribution in [-0.2, 0) is 6.18 Å². The summed E-state index contributed by atoms with van der Waals surface area (Å²) in [5.41, 5.74) is -1.25. The van der Waals surface area contributed by atoms with Crippen LogP contribution in [0.1, 0.15) is 32.1 Å². The molecule has 0 aliphatic rings. The van der Waals surface area contributed by atoms with Crippen molar-refractivity contribution in [2.24, 2.45) is 0 Å². The summed E-state index contributed by atoms with van der Waals surface area (Å²) in [6.07, 6.45) is -4.56. The monoisotopic (exact) mass is 430 g/mol. The number of hydrogen-bond donors (Lipinski definition) is 2. The molecule has 2 N–H and O–H groups in total. The lowest BCUT2D eigenvalue weighted by Gasteiger charge is -2.13. The van der Waals surface area contributed by atoms with Gasteiger partial charge in [0.2, 0.25) is 5.43 Å². The number of aromatic nitrogens is 2. The number of benzene rings is 2. The second kappa shape index (κ2) is 8.42. The highest BCUT2D eigenvalue weighted by molar-refractivity contribution is 6.03. The molecule has 0 bridgehead atoms. The molecule has 2 amide bonds. The molecule has 0 spiro atoms. The van der Waals surface area contributed by atoms with E-state index in [4.69, 9.17) is 0 Å². The van der Waals surface area contributed by atoms with Gasteiger partial charge in [-0.1, -0.05) is 12.1 Å². The Kier molecular flexibility index (Phi) is 5.91. The van der Waals surface area contributed by atoms with E-state index in [1.807, 2.05) is 0 Å². The summed E-state index contributed by atoms with van der Waals surface area (Å²) < 4.78 is 40.2.